The number of benzene rings is 1. The lowest BCUT2D eigenvalue weighted by atomic mass is 10.1. The maximum atomic E-state index is 11.7. The van der Waals surface area contributed by atoms with Gasteiger partial charge in [0.15, 0.2) is 0 Å². The van der Waals surface area contributed by atoms with Crippen LogP contribution in [0.15, 0.2) is 18.2 Å². The Bertz CT molecular complexity index is 399. The van der Waals surface area contributed by atoms with Gasteiger partial charge in [-0.2, -0.15) is 0 Å². The molecule has 1 aromatic carbocycles. The number of amides is 1. The lowest BCUT2D eigenvalue weighted by Gasteiger charge is -2.06. The van der Waals surface area contributed by atoms with Gasteiger partial charge in [0.2, 0.25) is 5.91 Å². The van der Waals surface area contributed by atoms with E-state index < -0.39 is 0 Å². The molecule has 1 aromatic rings. The first kappa shape index (κ1) is 16.1. The van der Waals surface area contributed by atoms with E-state index >= 15 is 0 Å². The molecule has 5 heteroatoms. The maximum absolute atomic E-state index is 11.7. The number of rotatable bonds is 7. The predicted octanol–water partition coefficient (Wildman–Crippen LogP) is 4.26. The molecule has 0 aliphatic rings. The van der Waals surface area contributed by atoms with E-state index in [1.807, 2.05) is 6.07 Å². The summed E-state index contributed by atoms with van der Waals surface area (Å²) >= 11 is 14.1. The van der Waals surface area contributed by atoms with Crippen LogP contribution in [0.5, 0.6) is 0 Å². The van der Waals surface area contributed by atoms with Crippen molar-refractivity contribution in [1.82, 2.24) is 5.32 Å². The summed E-state index contributed by atoms with van der Waals surface area (Å²) in [6.45, 7) is 0.747. The number of carbonyl (C=O) groups excluding carboxylic acids is 1. The van der Waals surface area contributed by atoms with E-state index in [-0.39, 0.29) is 5.91 Å². The summed E-state index contributed by atoms with van der Waals surface area (Å²) in [5, 5.41) is 3.91. The molecule has 0 heterocycles. The molecule has 0 fully saturated rings. The zero-order valence-corrected chi connectivity index (χ0v) is 13.7. The van der Waals surface area contributed by atoms with Crippen molar-refractivity contribution < 1.29 is 4.79 Å². The Morgan fingerprint density at radius 2 is 1.94 bits per heavy atom. The molecule has 0 spiro atoms. The molecule has 0 saturated heterocycles. The molecule has 2 nitrogen and oxygen atoms in total. The third-order valence-electron chi connectivity index (χ3n) is 2.48. The maximum Gasteiger partial charge on any atom is 0.224 e. The van der Waals surface area contributed by atoms with E-state index in [2.05, 4.69) is 27.9 Å². The fourth-order valence-corrected chi connectivity index (χ4v) is 2.38. The first-order chi connectivity index (χ1) is 8.63. The normalized spacial score (nSPS) is 10.4. The highest BCUT2D eigenvalue weighted by molar-refractivity contribution is 14.1. The molecule has 0 aliphatic carbocycles. The summed E-state index contributed by atoms with van der Waals surface area (Å²) in [5.74, 6) is 0.0304. The Morgan fingerprint density at radius 3 is 2.61 bits per heavy atom. The third-order valence-corrected chi connectivity index (χ3v) is 3.98. The van der Waals surface area contributed by atoms with Crippen LogP contribution in [0.2, 0.25) is 10.0 Å². The summed E-state index contributed by atoms with van der Waals surface area (Å²) < 4.78 is 1.18. The van der Waals surface area contributed by atoms with Crippen molar-refractivity contribution in [3.8, 4) is 0 Å². The van der Waals surface area contributed by atoms with Crippen molar-refractivity contribution in [3.05, 3.63) is 33.8 Å². The van der Waals surface area contributed by atoms with Crippen LogP contribution in [0.1, 0.15) is 24.8 Å². The van der Waals surface area contributed by atoms with Crippen molar-refractivity contribution >= 4 is 51.7 Å². The minimum Gasteiger partial charge on any atom is -0.356 e. The Morgan fingerprint density at radius 1 is 1.17 bits per heavy atom. The molecule has 100 valence electrons. The summed E-state index contributed by atoms with van der Waals surface area (Å²) in [6, 6.07) is 5.27. The largest absolute Gasteiger partial charge is 0.356 e. The van der Waals surface area contributed by atoms with Crippen LogP contribution < -0.4 is 5.32 Å². The number of unbranched alkanes of at least 4 members (excludes halogenated alkanes) is 2. The lowest BCUT2D eigenvalue weighted by Crippen LogP contribution is -2.26. The van der Waals surface area contributed by atoms with E-state index in [1.165, 1.54) is 10.8 Å². The minimum atomic E-state index is 0.0304. The first-order valence-electron chi connectivity index (χ1n) is 5.90. The van der Waals surface area contributed by atoms with E-state index in [9.17, 15) is 4.79 Å². The van der Waals surface area contributed by atoms with Crippen molar-refractivity contribution in [2.75, 3.05) is 11.0 Å². The fourth-order valence-electron chi connectivity index (χ4n) is 1.52. The average Bonchev–Trinajstić information content (AvgIpc) is 2.34. The molecule has 1 amide bonds. The van der Waals surface area contributed by atoms with E-state index in [0.717, 1.165) is 24.9 Å². The van der Waals surface area contributed by atoms with Gasteiger partial charge in [0.05, 0.1) is 16.5 Å². The molecule has 0 radical (unpaired) electrons. The van der Waals surface area contributed by atoms with Crippen LogP contribution >= 0.6 is 45.8 Å². The van der Waals surface area contributed by atoms with Gasteiger partial charge in [-0.1, -0.05) is 58.3 Å². The predicted molar refractivity (Wildman–Crippen MR) is 85.9 cm³/mol. The highest BCUT2D eigenvalue weighted by Crippen LogP contribution is 2.22. The van der Waals surface area contributed by atoms with E-state index in [0.29, 0.717) is 16.5 Å². The number of carbonyl (C=O) groups is 1. The summed E-state index contributed by atoms with van der Waals surface area (Å²) in [4.78, 5) is 11.7. The van der Waals surface area contributed by atoms with Gasteiger partial charge in [0.1, 0.15) is 0 Å². The van der Waals surface area contributed by atoms with Gasteiger partial charge in [0, 0.05) is 6.54 Å². The van der Waals surface area contributed by atoms with Crippen LogP contribution in [-0.2, 0) is 11.2 Å². The number of hydrogen-bond acceptors (Lipinski definition) is 1. The van der Waals surface area contributed by atoms with Gasteiger partial charge in [-0.3, -0.25) is 4.79 Å². The molecule has 0 bridgehead atoms. The zero-order valence-electron chi connectivity index (χ0n) is 10.0. The number of nitrogens with one attached hydrogen (secondary N) is 1. The second-order valence-electron chi connectivity index (χ2n) is 4.02. The number of halogens is 3. The number of alkyl halides is 1. The van der Waals surface area contributed by atoms with Gasteiger partial charge < -0.3 is 5.32 Å². The second kappa shape index (κ2) is 8.99. The first-order valence-corrected chi connectivity index (χ1v) is 8.18. The van der Waals surface area contributed by atoms with E-state index in [4.69, 9.17) is 23.2 Å². The average molecular weight is 400 g/mol. The van der Waals surface area contributed by atoms with Gasteiger partial charge in [0.25, 0.3) is 0 Å². The SMILES string of the molecule is O=C(Cc1ccc(Cl)c(Cl)c1)NCCCCCI. The molecule has 1 N–H and O–H groups in total. The number of hydrogen-bond donors (Lipinski definition) is 1. The smallest absolute Gasteiger partial charge is 0.224 e. The zero-order chi connectivity index (χ0) is 13.4. The van der Waals surface area contributed by atoms with Crippen molar-refractivity contribution in [2.24, 2.45) is 0 Å². The Hall–Kier alpha value is 0. The molecular weight excluding hydrogens is 384 g/mol. The van der Waals surface area contributed by atoms with E-state index in [1.54, 1.807) is 12.1 Å². The van der Waals surface area contributed by atoms with Crippen LogP contribution in [-0.4, -0.2) is 16.9 Å². The summed E-state index contributed by atoms with van der Waals surface area (Å²) in [7, 11) is 0. The minimum absolute atomic E-state index is 0.0304. The van der Waals surface area contributed by atoms with Crippen LogP contribution in [0.3, 0.4) is 0 Å². The van der Waals surface area contributed by atoms with Crippen LogP contribution in [0, 0.1) is 0 Å². The summed E-state index contributed by atoms with van der Waals surface area (Å²) in [6.07, 6.45) is 3.76. The summed E-state index contributed by atoms with van der Waals surface area (Å²) in [5.41, 5.74) is 0.883. The van der Waals surface area contributed by atoms with Gasteiger partial charge in [-0.15, -0.1) is 0 Å². The molecule has 0 saturated carbocycles. The fraction of sp³-hybridized carbons (Fsp3) is 0.462. The second-order valence-corrected chi connectivity index (χ2v) is 5.92. The van der Waals surface area contributed by atoms with Gasteiger partial charge in [-0.25, -0.2) is 0 Å². The third kappa shape index (κ3) is 6.25. The molecule has 0 aliphatic heterocycles. The topological polar surface area (TPSA) is 29.1 Å². The standard InChI is InChI=1S/C13H16Cl2INO/c14-11-5-4-10(8-12(11)15)9-13(18)17-7-3-1-2-6-16/h4-5,8H,1-3,6-7,9H2,(H,17,18). The van der Waals surface area contributed by atoms with Gasteiger partial charge in [-0.05, 0) is 35.0 Å². The van der Waals surface area contributed by atoms with Crippen LogP contribution in [0.25, 0.3) is 0 Å². The van der Waals surface area contributed by atoms with Crippen molar-refractivity contribution in [3.63, 3.8) is 0 Å². The van der Waals surface area contributed by atoms with Crippen molar-refractivity contribution in [1.29, 1.82) is 0 Å². The quantitative estimate of drug-likeness (QED) is 0.414. The Labute approximate surface area is 132 Å². The molecule has 0 aromatic heterocycles. The Kier molecular flexibility index (Phi) is 8.02. The lowest BCUT2D eigenvalue weighted by molar-refractivity contribution is -0.120. The highest BCUT2D eigenvalue weighted by Gasteiger charge is 2.05. The molecule has 1 rings (SSSR count). The monoisotopic (exact) mass is 399 g/mol. The molecular formula is C13H16Cl2INO. The highest BCUT2D eigenvalue weighted by atomic mass is 127. The van der Waals surface area contributed by atoms with Gasteiger partial charge >= 0.3 is 0 Å². The Balaban J connectivity index is 2.29. The molecule has 18 heavy (non-hydrogen) atoms. The molecule has 0 atom stereocenters. The van der Waals surface area contributed by atoms with Crippen LogP contribution in [0.4, 0.5) is 0 Å². The van der Waals surface area contributed by atoms with Crippen molar-refractivity contribution in [2.45, 2.75) is 25.7 Å². The molecule has 0 unspecified atom stereocenters.